The molecule has 0 aromatic heterocycles. The second-order valence-corrected chi connectivity index (χ2v) is 3.09. The van der Waals surface area contributed by atoms with Gasteiger partial charge in [0.25, 0.3) is 0 Å². The molecule has 1 aliphatic rings. The quantitative estimate of drug-likeness (QED) is 0.596. The molecule has 1 rings (SSSR count). The molecule has 0 amide bonds. The summed E-state index contributed by atoms with van der Waals surface area (Å²) in [4.78, 5) is 0. The van der Waals surface area contributed by atoms with Crippen LogP contribution in [0.4, 0.5) is 0 Å². The predicted octanol–water partition coefficient (Wildman–Crippen LogP) is 1.78. The van der Waals surface area contributed by atoms with Crippen LogP contribution in [0.1, 0.15) is 33.1 Å². The van der Waals surface area contributed by atoms with Crippen molar-refractivity contribution in [2.45, 2.75) is 39.2 Å². The molecule has 0 radical (unpaired) electrons. The van der Waals surface area contributed by atoms with Crippen molar-refractivity contribution in [1.29, 1.82) is 0 Å². The largest absolute Gasteiger partial charge is 0.314 e. The molecule has 0 aromatic rings. The van der Waals surface area contributed by atoms with Gasteiger partial charge in [-0.1, -0.05) is 20.3 Å². The van der Waals surface area contributed by atoms with Gasteiger partial charge in [0, 0.05) is 6.04 Å². The summed E-state index contributed by atoms with van der Waals surface area (Å²) in [5.74, 6) is 0.882. The van der Waals surface area contributed by atoms with E-state index in [0.717, 1.165) is 12.0 Å². The highest BCUT2D eigenvalue weighted by atomic mass is 14.9. The van der Waals surface area contributed by atoms with Crippen LogP contribution in [0.3, 0.4) is 0 Å². The standard InChI is InChI=1S/C8H17N/c1-3-7(2)8-5-4-6-9-8/h7-9H,3-6H2,1-2H3/t7?,8-/m1/s1. The van der Waals surface area contributed by atoms with E-state index in [0.29, 0.717) is 0 Å². The molecule has 0 bridgehead atoms. The van der Waals surface area contributed by atoms with Gasteiger partial charge in [-0.15, -0.1) is 0 Å². The monoisotopic (exact) mass is 127 g/mol. The van der Waals surface area contributed by atoms with Crippen LogP contribution in [0.2, 0.25) is 0 Å². The lowest BCUT2D eigenvalue weighted by Gasteiger charge is -2.16. The van der Waals surface area contributed by atoms with Gasteiger partial charge in [-0.2, -0.15) is 0 Å². The van der Waals surface area contributed by atoms with Crippen LogP contribution in [-0.2, 0) is 0 Å². The van der Waals surface area contributed by atoms with Gasteiger partial charge in [-0.25, -0.2) is 0 Å². The molecular formula is C8H17N. The Morgan fingerprint density at radius 1 is 1.67 bits per heavy atom. The zero-order valence-electron chi connectivity index (χ0n) is 6.48. The van der Waals surface area contributed by atoms with Gasteiger partial charge >= 0.3 is 0 Å². The average Bonchev–Trinajstić information content (AvgIpc) is 2.37. The molecule has 1 saturated heterocycles. The minimum Gasteiger partial charge on any atom is -0.314 e. The molecular weight excluding hydrogens is 110 g/mol. The highest BCUT2D eigenvalue weighted by Gasteiger charge is 2.18. The van der Waals surface area contributed by atoms with E-state index in [-0.39, 0.29) is 0 Å². The van der Waals surface area contributed by atoms with Crippen LogP contribution in [0, 0.1) is 5.92 Å². The Bertz CT molecular complexity index is 74.6. The number of hydrogen-bond acceptors (Lipinski definition) is 1. The summed E-state index contributed by atoms with van der Waals surface area (Å²) in [6.07, 6.45) is 4.10. The normalized spacial score (nSPS) is 30.7. The summed E-state index contributed by atoms with van der Waals surface area (Å²) < 4.78 is 0. The molecule has 54 valence electrons. The lowest BCUT2D eigenvalue weighted by molar-refractivity contribution is 0.409. The molecule has 2 atom stereocenters. The molecule has 0 aliphatic carbocycles. The molecule has 0 aromatic carbocycles. The minimum absolute atomic E-state index is 0.829. The Kier molecular flexibility index (Phi) is 2.52. The summed E-state index contributed by atoms with van der Waals surface area (Å²) in [6, 6.07) is 0.829. The molecule has 1 N–H and O–H groups in total. The van der Waals surface area contributed by atoms with E-state index in [1.54, 1.807) is 0 Å². The van der Waals surface area contributed by atoms with E-state index in [1.807, 2.05) is 0 Å². The van der Waals surface area contributed by atoms with Crippen molar-refractivity contribution in [1.82, 2.24) is 5.32 Å². The second-order valence-electron chi connectivity index (χ2n) is 3.09. The summed E-state index contributed by atoms with van der Waals surface area (Å²) in [5, 5.41) is 3.51. The van der Waals surface area contributed by atoms with E-state index in [1.165, 1.54) is 25.8 Å². The van der Waals surface area contributed by atoms with Gasteiger partial charge < -0.3 is 5.32 Å². The highest BCUT2D eigenvalue weighted by molar-refractivity contribution is 4.77. The van der Waals surface area contributed by atoms with Crippen molar-refractivity contribution >= 4 is 0 Å². The Balaban J connectivity index is 2.24. The Morgan fingerprint density at radius 3 is 2.89 bits per heavy atom. The van der Waals surface area contributed by atoms with Crippen molar-refractivity contribution in [3.63, 3.8) is 0 Å². The molecule has 1 nitrogen and oxygen atoms in total. The SMILES string of the molecule is CCC(C)[C@H]1CCCN1. The van der Waals surface area contributed by atoms with E-state index < -0.39 is 0 Å². The van der Waals surface area contributed by atoms with E-state index in [9.17, 15) is 0 Å². The smallest absolute Gasteiger partial charge is 0.00930 e. The second kappa shape index (κ2) is 3.21. The first-order chi connectivity index (χ1) is 4.34. The summed E-state index contributed by atoms with van der Waals surface area (Å²) in [6.45, 7) is 5.85. The summed E-state index contributed by atoms with van der Waals surface area (Å²) >= 11 is 0. The maximum atomic E-state index is 3.51. The highest BCUT2D eigenvalue weighted by Crippen LogP contribution is 2.16. The molecule has 0 spiro atoms. The van der Waals surface area contributed by atoms with E-state index in [2.05, 4.69) is 19.2 Å². The molecule has 9 heavy (non-hydrogen) atoms. The third-order valence-electron chi connectivity index (χ3n) is 2.43. The maximum absolute atomic E-state index is 3.51. The summed E-state index contributed by atoms with van der Waals surface area (Å²) in [7, 11) is 0. The van der Waals surface area contributed by atoms with Gasteiger partial charge in [0.2, 0.25) is 0 Å². The lowest BCUT2D eigenvalue weighted by atomic mass is 9.98. The van der Waals surface area contributed by atoms with Gasteiger partial charge in [0.05, 0.1) is 0 Å². The molecule has 1 heteroatoms. The molecule has 1 fully saturated rings. The Morgan fingerprint density at radius 2 is 2.44 bits per heavy atom. The first-order valence-corrected chi connectivity index (χ1v) is 4.08. The summed E-state index contributed by atoms with van der Waals surface area (Å²) in [5.41, 5.74) is 0. The molecule has 1 aliphatic heterocycles. The van der Waals surface area contributed by atoms with Crippen LogP contribution in [-0.4, -0.2) is 12.6 Å². The van der Waals surface area contributed by atoms with Crippen LogP contribution >= 0.6 is 0 Å². The van der Waals surface area contributed by atoms with Crippen LogP contribution in [0.25, 0.3) is 0 Å². The van der Waals surface area contributed by atoms with Crippen molar-refractivity contribution < 1.29 is 0 Å². The predicted molar refractivity (Wildman–Crippen MR) is 40.5 cm³/mol. The lowest BCUT2D eigenvalue weighted by Crippen LogP contribution is -2.27. The van der Waals surface area contributed by atoms with Crippen LogP contribution in [0.15, 0.2) is 0 Å². The van der Waals surface area contributed by atoms with Crippen LogP contribution < -0.4 is 5.32 Å². The zero-order chi connectivity index (χ0) is 6.69. The zero-order valence-corrected chi connectivity index (χ0v) is 6.48. The maximum Gasteiger partial charge on any atom is 0.00930 e. The molecule has 1 heterocycles. The van der Waals surface area contributed by atoms with Gasteiger partial charge in [0.1, 0.15) is 0 Å². The van der Waals surface area contributed by atoms with Gasteiger partial charge in [-0.05, 0) is 25.3 Å². The van der Waals surface area contributed by atoms with E-state index >= 15 is 0 Å². The molecule has 1 unspecified atom stereocenters. The average molecular weight is 127 g/mol. The number of rotatable bonds is 2. The first-order valence-electron chi connectivity index (χ1n) is 4.08. The Hall–Kier alpha value is -0.0400. The van der Waals surface area contributed by atoms with E-state index in [4.69, 9.17) is 0 Å². The first kappa shape index (κ1) is 7.07. The fourth-order valence-electron chi connectivity index (χ4n) is 1.48. The number of nitrogens with one attached hydrogen (secondary N) is 1. The fourth-order valence-corrected chi connectivity index (χ4v) is 1.48. The van der Waals surface area contributed by atoms with Gasteiger partial charge in [-0.3, -0.25) is 0 Å². The fraction of sp³-hybridized carbons (Fsp3) is 1.00. The third-order valence-corrected chi connectivity index (χ3v) is 2.43. The minimum atomic E-state index is 0.829. The van der Waals surface area contributed by atoms with Crippen LogP contribution in [0.5, 0.6) is 0 Å². The topological polar surface area (TPSA) is 12.0 Å². The van der Waals surface area contributed by atoms with Crippen molar-refractivity contribution in [2.75, 3.05) is 6.54 Å². The molecule has 0 saturated carbocycles. The number of hydrogen-bond donors (Lipinski definition) is 1. The van der Waals surface area contributed by atoms with Crippen molar-refractivity contribution in [3.8, 4) is 0 Å². The third kappa shape index (κ3) is 1.68. The van der Waals surface area contributed by atoms with Gasteiger partial charge in [0.15, 0.2) is 0 Å². The Labute approximate surface area is 57.8 Å². The van der Waals surface area contributed by atoms with Crippen molar-refractivity contribution in [2.24, 2.45) is 5.92 Å². The van der Waals surface area contributed by atoms with Crippen molar-refractivity contribution in [3.05, 3.63) is 0 Å².